The molecular formula is C34H27F8NO2. The Morgan fingerprint density at radius 3 is 1.69 bits per heavy atom. The number of hydrogen-bond acceptors (Lipinski definition) is 3. The first kappa shape index (κ1) is 30.9. The van der Waals surface area contributed by atoms with E-state index < -0.39 is 47.3 Å². The molecule has 2 unspecified atom stereocenters. The summed E-state index contributed by atoms with van der Waals surface area (Å²) >= 11 is 0. The van der Waals surface area contributed by atoms with E-state index in [-0.39, 0.29) is 48.4 Å². The van der Waals surface area contributed by atoms with Crippen molar-refractivity contribution < 1.29 is 44.6 Å². The van der Waals surface area contributed by atoms with Gasteiger partial charge in [-0.05, 0) is 72.0 Å². The fourth-order valence-corrected chi connectivity index (χ4v) is 5.98. The summed E-state index contributed by atoms with van der Waals surface area (Å²) in [6.07, 6.45) is -10.1. The molecule has 0 radical (unpaired) electrons. The molecule has 45 heavy (non-hydrogen) atoms. The Balaban J connectivity index is 1.19. The number of rotatable bonds is 6. The third kappa shape index (κ3) is 5.97. The van der Waals surface area contributed by atoms with Gasteiger partial charge in [0.2, 0.25) is 0 Å². The summed E-state index contributed by atoms with van der Waals surface area (Å²) in [5.74, 6) is -2.05. The highest BCUT2D eigenvalue weighted by Crippen LogP contribution is 2.46. The molecule has 0 fully saturated rings. The van der Waals surface area contributed by atoms with Crippen molar-refractivity contribution in [1.29, 1.82) is 0 Å². The maximum Gasteiger partial charge on any atom is 0.416 e. The lowest BCUT2D eigenvalue weighted by molar-refractivity contribution is -0.138. The second-order valence-electron chi connectivity index (χ2n) is 11.4. The Morgan fingerprint density at radius 2 is 1.16 bits per heavy atom. The van der Waals surface area contributed by atoms with Crippen LogP contribution in [0.5, 0.6) is 11.5 Å². The normalized spacial score (nSPS) is 17.6. The molecule has 1 N–H and O–H groups in total. The van der Waals surface area contributed by atoms with Crippen molar-refractivity contribution in [3.63, 3.8) is 0 Å². The molecule has 0 spiro atoms. The van der Waals surface area contributed by atoms with Crippen molar-refractivity contribution in [2.24, 2.45) is 0 Å². The molecule has 0 saturated heterocycles. The van der Waals surface area contributed by atoms with E-state index in [9.17, 15) is 35.1 Å². The van der Waals surface area contributed by atoms with E-state index in [1.54, 1.807) is 12.1 Å². The van der Waals surface area contributed by atoms with Gasteiger partial charge in [-0.1, -0.05) is 30.3 Å². The Morgan fingerprint density at radius 1 is 0.667 bits per heavy atom. The minimum absolute atomic E-state index is 0.0432. The number of alkyl halides is 6. The molecule has 0 aromatic heterocycles. The van der Waals surface area contributed by atoms with Crippen LogP contribution >= 0.6 is 0 Å². The number of hydrogen-bond donors (Lipinski definition) is 1. The predicted octanol–water partition coefficient (Wildman–Crippen LogP) is 8.85. The van der Waals surface area contributed by atoms with Crippen LogP contribution in [0.2, 0.25) is 0 Å². The summed E-state index contributed by atoms with van der Waals surface area (Å²) in [5, 5.41) is 3.16. The van der Waals surface area contributed by atoms with Gasteiger partial charge in [-0.25, -0.2) is 8.78 Å². The summed E-state index contributed by atoms with van der Waals surface area (Å²) in [6.45, 7) is 4.11. The standard InChI is InChI=1S/C34H27F8NO2/c1-17-5-3-6-25(18(17)2)27-13-21(33(37,38)39)9-19-11-23(44-31(19)27)15-43-16-24-12-20-10-22(34(40,41)42)14-28(32(20)45-24)26-7-4-8-29(35)30(26)36/h3-10,13-14,23-24,43H,11-12,15-16H2,1-2H3. The van der Waals surface area contributed by atoms with Gasteiger partial charge in [0.15, 0.2) is 11.6 Å². The molecule has 2 heterocycles. The highest BCUT2D eigenvalue weighted by Gasteiger charge is 2.37. The molecule has 0 saturated carbocycles. The number of benzene rings is 4. The van der Waals surface area contributed by atoms with E-state index in [0.29, 0.717) is 22.4 Å². The smallest absolute Gasteiger partial charge is 0.416 e. The first-order chi connectivity index (χ1) is 21.2. The van der Waals surface area contributed by atoms with Crippen molar-refractivity contribution in [1.82, 2.24) is 5.32 Å². The third-order valence-corrected chi connectivity index (χ3v) is 8.33. The van der Waals surface area contributed by atoms with Gasteiger partial charge in [-0.3, -0.25) is 0 Å². The molecule has 2 aliphatic rings. The lowest BCUT2D eigenvalue weighted by Crippen LogP contribution is -2.36. The Kier molecular flexibility index (Phi) is 7.79. The number of nitrogens with one attached hydrogen (secondary N) is 1. The molecule has 4 aromatic rings. The molecule has 2 aliphatic heterocycles. The Hall–Kier alpha value is -4.12. The van der Waals surface area contributed by atoms with E-state index in [0.717, 1.165) is 41.5 Å². The van der Waals surface area contributed by atoms with Gasteiger partial charge < -0.3 is 14.8 Å². The van der Waals surface area contributed by atoms with Gasteiger partial charge >= 0.3 is 12.4 Å². The van der Waals surface area contributed by atoms with Crippen LogP contribution in [-0.2, 0) is 25.2 Å². The Labute approximate surface area is 253 Å². The van der Waals surface area contributed by atoms with Crippen LogP contribution in [-0.4, -0.2) is 25.3 Å². The molecular weight excluding hydrogens is 606 g/mol. The molecule has 3 nitrogen and oxygen atoms in total. The molecule has 6 rings (SSSR count). The van der Waals surface area contributed by atoms with Crippen molar-refractivity contribution in [3.8, 4) is 33.8 Å². The molecule has 0 bridgehead atoms. The second-order valence-corrected chi connectivity index (χ2v) is 11.4. The zero-order chi connectivity index (χ0) is 32.3. The van der Waals surface area contributed by atoms with Crippen LogP contribution in [0.3, 0.4) is 0 Å². The van der Waals surface area contributed by atoms with Gasteiger partial charge in [0.1, 0.15) is 23.7 Å². The number of fused-ring (bicyclic) bond motifs is 2. The summed E-state index contributed by atoms with van der Waals surface area (Å²) < 4.78 is 123. The van der Waals surface area contributed by atoms with Crippen molar-refractivity contribution >= 4 is 0 Å². The first-order valence-corrected chi connectivity index (χ1v) is 14.2. The quantitative estimate of drug-likeness (QED) is 0.215. The monoisotopic (exact) mass is 633 g/mol. The zero-order valence-corrected chi connectivity index (χ0v) is 24.1. The lowest BCUT2D eigenvalue weighted by Gasteiger charge is -2.18. The van der Waals surface area contributed by atoms with Crippen molar-refractivity contribution in [2.45, 2.75) is 51.2 Å². The van der Waals surface area contributed by atoms with Crippen molar-refractivity contribution in [2.75, 3.05) is 13.1 Å². The topological polar surface area (TPSA) is 30.5 Å². The average molecular weight is 634 g/mol. The number of aryl methyl sites for hydroxylation is 1. The minimum atomic E-state index is -4.72. The SMILES string of the molecule is Cc1cccc(-c2cc(C(F)(F)F)cc3c2OC(CNCC2Cc4cc(C(F)(F)F)cc(-c5cccc(F)c5F)c4O2)C3)c1C. The van der Waals surface area contributed by atoms with Crippen LogP contribution in [0.25, 0.3) is 22.3 Å². The maximum absolute atomic E-state index is 14.6. The van der Waals surface area contributed by atoms with Crippen LogP contribution in [0.4, 0.5) is 35.1 Å². The molecule has 236 valence electrons. The molecule has 0 amide bonds. The fraction of sp³-hybridized carbons (Fsp3) is 0.294. The lowest BCUT2D eigenvalue weighted by atomic mass is 9.92. The molecule has 4 aromatic carbocycles. The molecule has 11 heteroatoms. The first-order valence-electron chi connectivity index (χ1n) is 14.2. The van der Waals surface area contributed by atoms with E-state index in [1.165, 1.54) is 12.1 Å². The van der Waals surface area contributed by atoms with E-state index in [4.69, 9.17) is 9.47 Å². The number of halogens is 8. The predicted molar refractivity (Wildman–Crippen MR) is 152 cm³/mol. The largest absolute Gasteiger partial charge is 0.488 e. The van der Waals surface area contributed by atoms with Crippen LogP contribution in [0.15, 0.2) is 60.7 Å². The van der Waals surface area contributed by atoms with Crippen LogP contribution in [0.1, 0.15) is 33.4 Å². The fourth-order valence-electron chi connectivity index (χ4n) is 5.98. The van der Waals surface area contributed by atoms with Gasteiger partial charge in [0, 0.05) is 42.6 Å². The van der Waals surface area contributed by atoms with Crippen molar-refractivity contribution in [3.05, 3.63) is 106 Å². The molecule has 0 aliphatic carbocycles. The van der Waals surface area contributed by atoms with Gasteiger partial charge in [0.05, 0.1) is 11.1 Å². The van der Waals surface area contributed by atoms with E-state index in [1.807, 2.05) is 19.9 Å². The van der Waals surface area contributed by atoms with Gasteiger partial charge in [-0.2, -0.15) is 26.3 Å². The average Bonchev–Trinajstić information content (AvgIpc) is 3.58. The third-order valence-electron chi connectivity index (χ3n) is 8.33. The summed E-state index contributed by atoms with van der Waals surface area (Å²) in [4.78, 5) is 0. The van der Waals surface area contributed by atoms with Gasteiger partial charge in [-0.15, -0.1) is 0 Å². The highest BCUT2D eigenvalue weighted by molar-refractivity contribution is 5.77. The summed E-state index contributed by atoms with van der Waals surface area (Å²) in [7, 11) is 0. The van der Waals surface area contributed by atoms with E-state index in [2.05, 4.69) is 5.32 Å². The summed E-state index contributed by atoms with van der Waals surface area (Å²) in [5.41, 5.74) is 1.08. The van der Waals surface area contributed by atoms with Crippen LogP contribution < -0.4 is 14.8 Å². The second kappa shape index (κ2) is 11.3. The minimum Gasteiger partial charge on any atom is -0.488 e. The Bertz CT molecular complexity index is 1650. The van der Waals surface area contributed by atoms with Gasteiger partial charge in [0.25, 0.3) is 0 Å². The highest BCUT2D eigenvalue weighted by atomic mass is 19.4. The summed E-state index contributed by atoms with van der Waals surface area (Å²) in [6, 6.07) is 12.6. The molecule has 2 atom stereocenters. The number of ether oxygens (including phenoxy) is 2. The van der Waals surface area contributed by atoms with Crippen LogP contribution in [0, 0.1) is 25.5 Å². The van der Waals surface area contributed by atoms with E-state index >= 15 is 0 Å². The maximum atomic E-state index is 14.6. The zero-order valence-electron chi connectivity index (χ0n) is 24.1.